The molecule has 1 unspecified atom stereocenters. The molecule has 2 aliphatic rings. The van der Waals surface area contributed by atoms with E-state index in [0.29, 0.717) is 29.5 Å². The third-order valence-electron chi connectivity index (χ3n) is 6.85. The molecule has 0 saturated heterocycles. The molecular formula is C28H27F3N4. The van der Waals surface area contributed by atoms with E-state index in [2.05, 4.69) is 35.2 Å². The van der Waals surface area contributed by atoms with Gasteiger partial charge in [0.25, 0.3) is 0 Å². The van der Waals surface area contributed by atoms with E-state index < -0.39 is 11.7 Å². The zero-order valence-electron chi connectivity index (χ0n) is 19.7. The predicted octanol–water partition coefficient (Wildman–Crippen LogP) is 7.44. The molecule has 180 valence electrons. The van der Waals surface area contributed by atoms with Crippen LogP contribution in [0.2, 0.25) is 0 Å². The smallest absolute Gasteiger partial charge is 0.399 e. The molecular weight excluding hydrogens is 449 g/mol. The van der Waals surface area contributed by atoms with Gasteiger partial charge in [-0.3, -0.25) is 0 Å². The van der Waals surface area contributed by atoms with Gasteiger partial charge >= 0.3 is 6.18 Å². The number of anilines is 2. The molecule has 0 spiro atoms. The zero-order chi connectivity index (χ0) is 24.7. The lowest BCUT2D eigenvalue weighted by molar-refractivity contribution is -0.137. The van der Waals surface area contributed by atoms with Crippen molar-refractivity contribution < 1.29 is 13.2 Å². The quantitative estimate of drug-likeness (QED) is 0.384. The minimum atomic E-state index is -4.51. The van der Waals surface area contributed by atoms with Gasteiger partial charge in [-0.25, -0.2) is 9.97 Å². The SMILES string of the molecule is CCC1CC(C)=C(Nc2nc(-c3ccccc3C(F)(F)F)nc3c2CCC=C3)c2cc(N)ccc21. The van der Waals surface area contributed by atoms with Gasteiger partial charge in [0.1, 0.15) is 5.82 Å². The van der Waals surface area contributed by atoms with Crippen molar-refractivity contribution in [1.29, 1.82) is 0 Å². The normalized spacial score (nSPS) is 17.2. The van der Waals surface area contributed by atoms with Gasteiger partial charge in [-0.15, -0.1) is 0 Å². The van der Waals surface area contributed by atoms with Crippen LogP contribution in [-0.4, -0.2) is 9.97 Å². The number of hydrogen-bond acceptors (Lipinski definition) is 4. The zero-order valence-corrected chi connectivity index (χ0v) is 19.7. The standard InChI is InChI=1S/C28H27F3N4/c1-3-17-14-16(2)25(22-15-18(32)12-13-19(17)22)34-27-21-9-5-7-11-24(21)33-26(35-27)20-8-4-6-10-23(20)28(29,30)31/h4,6-8,10-13,15,17H,3,5,9,14,32H2,1-2H3,(H,33,34,35). The van der Waals surface area contributed by atoms with Gasteiger partial charge in [0, 0.05) is 28.1 Å². The first kappa shape index (κ1) is 23.1. The van der Waals surface area contributed by atoms with Crippen LogP contribution in [0.5, 0.6) is 0 Å². The maximum absolute atomic E-state index is 13.8. The molecule has 7 heteroatoms. The predicted molar refractivity (Wildman–Crippen MR) is 135 cm³/mol. The Kier molecular flexibility index (Phi) is 5.87. The van der Waals surface area contributed by atoms with Gasteiger partial charge in [-0.05, 0) is 73.9 Å². The van der Waals surface area contributed by atoms with Gasteiger partial charge < -0.3 is 11.1 Å². The third kappa shape index (κ3) is 4.31. The van der Waals surface area contributed by atoms with Crippen molar-refractivity contribution in [1.82, 2.24) is 9.97 Å². The minimum Gasteiger partial charge on any atom is -0.399 e. The molecule has 1 heterocycles. The first-order chi connectivity index (χ1) is 16.8. The lowest BCUT2D eigenvalue weighted by atomic mass is 9.80. The lowest BCUT2D eigenvalue weighted by Gasteiger charge is -2.30. The summed E-state index contributed by atoms with van der Waals surface area (Å²) in [5, 5.41) is 3.51. The molecule has 1 aromatic heterocycles. The van der Waals surface area contributed by atoms with E-state index in [0.717, 1.165) is 42.2 Å². The lowest BCUT2D eigenvalue weighted by Crippen LogP contribution is -2.17. The Morgan fingerprint density at radius 1 is 1.09 bits per heavy atom. The molecule has 2 aliphatic carbocycles. The number of alkyl halides is 3. The Labute approximate surface area is 202 Å². The van der Waals surface area contributed by atoms with E-state index in [1.807, 2.05) is 24.3 Å². The molecule has 0 amide bonds. The summed E-state index contributed by atoms with van der Waals surface area (Å²) >= 11 is 0. The van der Waals surface area contributed by atoms with Crippen LogP contribution in [0.15, 0.2) is 54.1 Å². The summed E-state index contributed by atoms with van der Waals surface area (Å²) < 4.78 is 41.3. The summed E-state index contributed by atoms with van der Waals surface area (Å²) in [6.45, 7) is 4.26. The number of rotatable bonds is 4. The molecule has 0 aliphatic heterocycles. The third-order valence-corrected chi connectivity index (χ3v) is 6.85. The minimum absolute atomic E-state index is 0.0325. The van der Waals surface area contributed by atoms with E-state index >= 15 is 0 Å². The maximum atomic E-state index is 13.8. The molecule has 3 aromatic rings. The largest absolute Gasteiger partial charge is 0.417 e. The monoisotopic (exact) mass is 476 g/mol. The fourth-order valence-electron chi connectivity index (χ4n) is 5.07. The molecule has 0 bridgehead atoms. The first-order valence-electron chi connectivity index (χ1n) is 11.9. The average molecular weight is 477 g/mol. The maximum Gasteiger partial charge on any atom is 0.417 e. The summed E-state index contributed by atoms with van der Waals surface area (Å²) in [6.07, 6.45) is 2.79. The Morgan fingerprint density at radius 2 is 1.89 bits per heavy atom. The highest BCUT2D eigenvalue weighted by Gasteiger charge is 2.34. The fraction of sp³-hybridized carbons (Fsp3) is 0.286. The number of nitrogens with one attached hydrogen (secondary N) is 1. The van der Waals surface area contributed by atoms with Gasteiger partial charge in [0.2, 0.25) is 0 Å². The van der Waals surface area contributed by atoms with Crippen LogP contribution in [0.25, 0.3) is 23.2 Å². The second-order valence-corrected chi connectivity index (χ2v) is 9.18. The van der Waals surface area contributed by atoms with E-state index in [9.17, 15) is 13.2 Å². The van der Waals surface area contributed by atoms with Crippen LogP contribution in [-0.2, 0) is 12.6 Å². The summed E-state index contributed by atoms with van der Waals surface area (Å²) in [7, 11) is 0. The van der Waals surface area contributed by atoms with Crippen molar-refractivity contribution in [3.05, 3.63) is 82.1 Å². The molecule has 0 radical (unpaired) electrons. The topological polar surface area (TPSA) is 63.8 Å². The Bertz CT molecular complexity index is 1350. The number of nitrogen functional groups attached to an aromatic ring is 1. The van der Waals surface area contributed by atoms with Crippen LogP contribution in [0.1, 0.15) is 67.0 Å². The van der Waals surface area contributed by atoms with Crippen LogP contribution in [0.3, 0.4) is 0 Å². The van der Waals surface area contributed by atoms with Gasteiger partial charge in [0.15, 0.2) is 5.82 Å². The van der Waals surface area contributed by atoms with Crippen molar-refractivity contribution in [2.75, 3.05) is 11.1 Å². The number of allylic oxidation sites excluding steroid dienone is 2. The fourth-order valence-corrected chi connectivity index (χ4v) is 5.07. The average Bonchev–Trinajstić information content (AvgIpc) is 2.84. The number of halogens is 3. The molecule has 4 nitrogen and oxygen atoms in total. The number of nitrogens with zero attached hydrogens (tertiary/aromatic N) is 2. The highest BCUT2D eigenvalue weighted by atomic mass is 19.4. The summed E-state index contributed by atoms with van der Waals surface area (Å²) in [5.41, 5.74) is 11.9. The Balaban J connectivity index is 1.66. The molecule has 2 aromatic carbocycles. The van der Waals surface area contributed by atoms with Gasteiger partial charge in [-0.2, -0.15) is 13.2 Å². The van der Waals surface area contributed by atoms with Crippen LogP contribution in [0.4, 0.5) is 24.7 Å². The van der Waals surface area contributed by atoms with Crippen LogP contribution in [0, 0.1) is 0 Å². The van der Waals surface area contributed by atoms with E-state index in [1.54, 1.807) is 6.07 Å². The number of hydrogen-bond donors (Lipinski definition) is 2. The highest BCUT2D eigenvalue weighted by Crippen LogP contribution is 2.42. The van der Waals surface area contributed by atoms with Crippen molar-refractivity contribution in [2.45, 2.75) is 51.6 Å². The van der Waals surface area contributed by atoms with Crippen LogP contribution >= 0.6 is 0 Å². The summed E-state index contributed by atoms with van der Waals surface area (Å²) in [6, 6.07) is 11.4. The molecule has 0 saturated carbocycles. The number of fused-ring (bicyclic) bond motifs is 2. The number of nitrogens with two attached hydrogens (primary N) is 1. The van der Waals surface area contributed by atoms with Crippen molar-refractivity contribution in [3.8, 4) is 11.4 Å². The van der Waals surface area contributed by atoms with Crippen molar-refractivity contribution in [3.63, 3.8) is 0 Å². The van der Waals surface area contributed by atoms with E-state index in [-0.39, 0.29) is 11.4 Å². The number of benzene rings is 2. The van der Waals surface area contributed by atoms with E-state index in [1.165, 1.54) is 23.3 Å². The highest BCUT2D eigenvalue weighted by molar-refractivity contribution is 5.84. The Hall–Kier alpha value is -3.61. The molecule has 0 fully saturated rings. The van der Waals surface area contributed by atoms with Gasteiger partial charge in [0.05, 0.1) is 11.3 Å². The molecule has 1 atom stereocenters. The summed E-state index contributed by atoms with van der Waals surface area (Å²) in [5.74, 6) is 0.996. The van der Waals surface area contributed by atoms with Crippen molar-refractivity contribution >= 4 is 23.3 Å². The van der Waals surface area contributed by atoms with Crippen molar-refractivity contribution in [2.24, 2.45) is 0 Å². The first-order valence-corrected chi connectivity index (χ1v) is 11.9. The van der Waals surface area contributed by atoms with Gasteiger partial charge in [-0.1, -0.05) is 37.3 Å². The molecule has 35 heavy (non-hydrogen) atoms. The number of aromatic nitrogens is 2. The van der Waals surface area contributed by atoms with E-state index in [4.69, 9.17) is 5.73 Å². The molecule has 5 rings (SSSR count). The molecule has 3 N–H and O–H groups in total. The van der Waals surface area contributed by atoms with Crippen LogP contribution < -0.4 is 11.1 Å². The second-order valence-electron chi connectivity index (χ2n) is 9.18. The second kappa shape index (κ2) is 8.87. The summed E-state index contributed by atoms with van der Waals surface area (Å²) in [4.78, 5) is 9.21. The Morgan fingerprint density at radius 3 is 2.66 bits per heavy atom.